The van der Waals surface area contributed by atoms with E-state index in [9.17, 15) is 5.11 Å². The molecule has 1 saturated heterocycles. The maximum atomic E-state index is 9.49. The van der Waals surface area contributed by atoms with Crippen LogP contribution in [0.2, 0.25) is 0 Å². The first kappa shape index (κ1) is 11.5. The van der Waals surface area contributed by atoms with E-state index in [2.05, 4.69) is 29.8 Å². The van der Waals surface area contributed by atoms with E-state index >= 15 is 0 Å². The lowest BCUT2D eigenvalue weighted by Gasteiger charge is -2.27. The molecule has 1 fully saturated rings. The Kier molecular flexibility index (Phi) is 3.72. The fourth-order valence-corrected chi connectivity index (χ4v) is 3.94. The van der Waals surface area contributed by atoms with Crippen molar-refractivity contribution in [1.29, 1.82) is 0 Å². The van der Waals surface area contributed by atoms with Crippen molar-refractivity contribution in [3.8, 4) is 0 Å². The fourth-order valence-electron chi connectivity index (χ4n) is 1.95. The number of hydrogen-bond donors (Lipinski definition) is 2. The Labute approximate surface area is 99.1 Å². The third kappa shape index (κ3) is 2.75. The van der Waals surface area contributed by atoms with Gasteiger partial charge < -0.3 is 10.4 Å². The number of aliphatic hydroxyl groups is 1. The Hall–Kier alpha value is -0.0300. The van der Waals surface area contributed by atoms with E-state index < -0.39 is 0 Å². The average molecular weight is 243 g/mol. The van der Waals surface area contributed by atoms with Gasteiger partial charge in [-0.05, 0) is 17.9 Å². The zero-order valence-corrected chi connectivity index (χ0v) is 10.5. The topological polar surface area (TPSA) is 32.3 Å². The number of nitrogens with one attached hydrogen (secondary N) is 1. The van der Waals surface area contributed by atoms with Crippen molar-refractivity contribution in [2.75, 3.05) is 12.4 Å². The molecule has 84 valence electrons. The average Bonchev–Trinajstić information content (AvgIpc) is 2.85. The fraction of sp³-hybridized carbons (Fsp3) is 0.636. The molecule has 2 rings (SSSR count). The Morgan fingerprint density at radius 2 is 2.53 bits per heavy atom. The van der Waals surface area contributed by atoms with Crippen LogP contribution in [-0.2, 0) is 6.54 Å². The SMILES string of the molecule is CC1CC(CO)(NCc2cccs2)CS1. The Morgan fingerprint density at radius 3 is 3.07 bits per heavy atom. The van der Waals surface area contributed by atoms with Gasteiger partial charge in [0.2, 0.25) is 0 Å². The van der Waals surface area contributed by atoms with Gasteiger partial charge in [0.25, 0.3) is 0 Å². The van der Waals surface area contributed by atoms with Gasteiger partial charge in [-0.1, -0.05) is 13.0 Å². The molecule has 2 N–H and O–H groups in total. The molecular formula is C11H17NOS2. The van der Waals surface area contributed by atoms with Gasteiger partial charge in [-0.25, -0.2) is 0 Å². The van der Waals surface area contributed by atoms with Crippen molar-refractivity contribution in [3.63, 3.8) is 0 Å². The molecule has 0 radical (unpaired) electrons. The summed E-state index contributed by atoms with van der Waals surface area (Å²) >= 11 is 3.71. The lowest BCUT2D eigenvalue weighted by molar-refractivity contribution is 0.174. The van der Waals surface area contributed by atoms with Gasteiger partial charge in [0.15, 0.2) is 0 Å². The highest BCUT2D eigenvalue weighted by atomic mass is 32.2. The summed E-state index contributed by atoms with van der Waals surface area (Å²) in [6.07, 6.45) is 1.07. The van der Waals surface area contributed by atoms with Gasteiger partial charge in [0.05, 0.1) is 12.1 Å². The van der Waals surface area contributed by atoms with E-state index in [-0.39, 0.29) is 12.1 Å². The predicted octanol–water partition coefficient (Wildman–Crippen LogP) is 2.09. The third-order valence-electron chi connectivity index (χ3n) is 2.84. The zero-order chi connectivity index (χ0) is 10.7. The largest absolute Gasteiger partial charge is 0.394 e. The highest BCUT2D eigenvalue weighted by Gasteiger charge is 2.36. The summed E-state index contributed by atoms with van der Waals surface area (Å²) in [5, 5.41) is 15.8. The van der Waals surface area contributed by atoms with E-state index in [0.717, 1.165) is 18.7 Å². The first-order chi connectivity index (χ1) is 7.24. The Bertz CT molecular complexity index is 302. The maximum absolute atomic E-state index is 9.49. The molecule has 2 nitrogen and oxygen atoms in total. The number of rotatable bonds is 4. The molecule has 0 aliphatic carbocycles. The molecule has 0 spiro atoms. The second-order valence-corrected chi connectivity index (χ2v) is 6.66. The van der Waals surface area contributed by atoms with Crippen molar-refractivity contribution in [2.24, 2.45) is 0 Å². The molecule has 2 heterocycles. The van der Waals surface area contributed by atoms with Gasteiger partial charge in [-0.3, -0.25) is 0 Å². The summed E-state index contributed by atoms with van der Waals surface area (Å²) < 4.78 is 0. The van der Waals surface area contributed by atoms with Crippen molar-refractivity contribution < 1.29 is 5.11 Å². The van der Waals surface area contributed by atoms with E-state index in [1.807, 2.05) is 11.8 Å². The monoisotopic (exact) mass is 243 g/mol. The van der Waals surface area contributed by atoms with Crippen LogP contribution >= 0.6 is 23.1 Å². The van der Waals surface area contributed by atoms with Crippen LogP contribution in [0, 0.1) is 0 Å². The van der Waals surface area contributed by atoms with E-state index in [1.54, 1.807) is 11.3 Å². The molecule has 0 bridgehead atoms. The molecule has 15 heavy (non-hydrogen) atoms. The molecule has 2 atom stereocenters. The quantitative estimate of drug-likeness (QED) is 0.849. The van der Waals surface area contributed by atoms with E-state index in [0.29, 0.717) is 5.25 Å². The lowest BCUT2D eigenvalue weighted by atomic mass is 9.97. The minimum Gasteiger partial charge on any atom is -0.394 e. The normalized spacial score (nSPS) is 30.9. The van der Waals surface area contributed by atoms with Gasteiger partial charge in [0, 0.05) is 22.4 Å². The smallest absolute Gasteiger partial charge is 0.0621 e. The standard InChI is InChI=1S/C11H17NOS2/c1-9-5-11(7-13,8-15-9)12-6-10-3-2-4-14-10/h2-4,9,12-13H,5-8H2,1H3. The molecule has 1 aromatic rings. The van der Waals surface area contributed by atoms with Crippen molar-refractivity contribution in [1.82, 2.24) is 5.32 Å². The summed E-state index contributed by atoms with van der Waals surface area (Å²) in [4.78, 5) is 1.34. The summed E-state index contributed by atoms with van der Waals surface area (Å²) in [5.41, 5.74) is -0.0475. The van der Waals surface area contributed by atoms with Crippen LogP contribution < -0.4 is 5.32 Å². The highest BCUT2D eigenvalue weighted by Crippen LogP contribution is 2.34. The number of thioether (sulfide) groups is 1. The van der Waals surface area contributed by atoms with Crippen molar-refractivity contribution >= 4 is 23.1 Å². The molecule has 1 aromatic heterocycles. The van der Waals surface area contributed by atoms with Gasteiger partial charge in [0.1, 0.15) is 0 Å². The molecule has 0 aromatic carbocycles. The first-order valence-corrected chi connectivity index (χ1v) is 7.17. The molecule has 4 heteroatoms. The number of aliphatic hydroxyl groups excluding tert-OH is 1. The van der Waals surface area contributed by atoms with Crippen LogP contribution in [0.25, 0.3) is 0 Å². The Balaban J connectivity index is 1.91. The second kappa shape index (κ2) is 4.87. The first-order valence-electron chi connectivity index (χ1n) is 5.24. The number of hydrogen-bond acceptors (Lipinski definition) is 4. The molecule has 0 amide bonds. The van der Waals surface area contributed by atoms with Gasteiger partial charge >= 0.3 is 0 Å². The highest BCUT2D eigenvalue weighted by molar-refractivity contribution is 8.00. The summed E-state index contributed by atoms with van der Waals surface area (Å²) in [6, 6.07) is 4.20. The minimum absolute atomic E-state index is 0.0475. The molecular weight excluding hydrogens is 226 g/mol. The minimum atomic E-state index is -0.0475. The maximum Gasteiger partial charge on any atom is 0.0621 e. The van der Waals surface area contributed by atoms with Crippen molar-refractivity contribution in [2.45, 2.75) is 30.7 Å². The van der Waals surface area contributed by atoms with E-state index in [1.165, 1.54) is 4.88 Å². The third-order valence-corrected chi connectivity index (χ3v) is 5.17. The van der Waals surface area contributed by atoms with Crippen LogP contribution in [0.15, 0.2) is 17.5 Å². The second-order valence-electron chi connectivity index (χ2n) is 4.20. The van der Waals surface area contributed by atoms with Crippen LogP contribution in [0.4, 0.5) is 0 Å². The van der Waals surface area contributed by atoms with Crippen molar-refractivity contribution in [3.05, 3.63) is 22.4 Å². The summed E-state index contributed by atoms with van der Waals surface area (Å²) in [5.74, 6) is 1.02. The van der Waals surface area contributed by atoms with Gasteiger partial charge in [-0.2, -0.15) is 11.8 Å². The van der Waals surface area contributed by atoms with Crippen LogP contribution in [0.5, 0.6) is 0 Å². The molecule has 1 aliphatic heterocycles. The van der Waals surface area contributed by atoms with Crippen LogP contribution in [0.1, 0.15) is 18.2 Å². The van der Waals surface area contributed by atoms with Gasteiger partial charge in [-0.15, -0.1) is 11.3 Å². The summed E-state index contributed by atoms with van der Waals surface area (Å²) in [6.45, 7) is 3.36. The summed E-state index contributed by atoms with van der Waals surface area (Å²) in [7, 11) is 0. The lowest BCUT2D eigenvalue weighted by Crippen LogP contribution is -2.48. The van der Waals surface area contributed by atoms with Crippen LogP contribution in [-0.4, -0.2) is 28.3 Å². The number of thiophene rings is 1. The molecule has 0 saturated carbocycles. The molecule has 2 unspecified atom stereocenters. The zero-order valence-electron chi connectivity index (χ0n) is 8.90. The predicted molar refractivity (Wildman–Crippen MR) is 67.5 cm³/mol. The van der Waals surface area contributed by atoms with Crippen LogP contribution in [0.3, 0.4) is 0 Å². The van der Waals surface area contributed by atoms with E-state index in [4.69, 9.17) is 0 Å². The Morgan fingerprint density at radius 1 is 1.67 bits per heavy atom. The molecule has 1 aliphatic rings.